The molecule has 1 aliphatic heterocycles. The van der Waals surface area contributed by atoms with Crippen LogP contribution >= 0.6 is 27.5 Å². The van der Waals surface area contributed by atoms with E-state index in [1.807, 2.05) is 4.57 Å². The van der Waals surface area contributed by atoms with Crippen molar-refractivity contribution in [3.63, 3.8) is 0 Å². The van der Waals surface area contributed by atoms with Gasteiger partial charge in [-0.1, -0.05) is 27.5 Å². The maximum absolute atomic E-state index is 15.7. The third-order valence-electron chi connectivity index (χ3n) is 5.62. The van der Waals surface area contributed by atoms with Gasteiger partial charge in [-0.25, -0.2) is 14.9 Å². The van der Waals surface area contributed by atoms with Gasteiger partial charge in [0.1, 0.15) is 5.52 Å². The SMILES string of the molecule is O=C(NOCCO)c1cc2c(ncn2CCC2CCCCO2)c(F)c1Nc1ccc(Br)cc1Cl. The van der Waals surface area contributed by atoms with Crippen molar-refractivity contribution in [2.45, 2.75) is 38.3 Å². The van der Waals surface area contributed by atoms with Gasteiger partial charge in [-0.2, -0.15) is 0 Å². The summed E-state index contributed by atoms with van der Waals surface area (Å²) in [5.74, 6) is -1.36. The Hall–Kier alpha value is -2.24. The van der Waals surface area contributed by atoms with E-state index < -0.39 is 11.7 Å². The Bertz CT molecular complexity index is 1170. The Labute approximate surface area is 209 Å². The van der Waals surface area contributed by atoms with Gasteiger partial charge in [0.2, 0.25) is 0 Å². The second kappa shape index (κ2) is 11.5. The highest BCUT2D eigenvalue weighted by Gasteiger charge is 2.23. The smallest absolute Gasteiger partial charge is 0.277 e. The second-order valence-electron chi connectivity index (χ2n) is 7.95. The van der Waals surface area contributed by atoms with Crippen molar-refractivity contribution >= 4 is 55.8 Å². The highest BCUT2D eigenvalue weighted by atomic mass is 79.9. The molecule has 0 bridgehead atoms. The summed E-state index contributed by atoms with van der Waals surface area (Å²) in [7, 11) is 0. The first-order chi connectivity index (χ1) is 16.5. The summed E-state index contributed by atoms with van der Waals surface area (Å²) in [5, 5.41) is 12.2. The molecule has 1 amide bonds. The number of halogens is 3. The number of aryl methyl sites for hydroxylation is 1. The molecule has 34 heavy (non-hydrogen) atoms. The molecule has 1 aliphatic rings. The Morgan fingerprint density at radius 2 is 2.24 bits per heavy atom. The molecular formula is C23H25BrClFN4O4. The number of hydrogen-bond donors (Lipinski definition) is 3. The number of amides is 1. The lowest BCUT2D eigenvalue weighted by molar-refractivity contribution is 0.00896. The standard InChI is InChI=1S/C23H25BrClFN4O4/c24-14-4-5-18(17(25)11-14)28-21-16(23(32)29-34-10-8-31)12-19-22(20(21)26)27-13-30(19)7-6-15-3-1-2-9-33-15/h4-5,11-13,15,28,31H,1-3,6-10H2,(H,29,32). The van der Waals surface area contributed by atoms with Crippen LogP contribution in [0, 0.1) is 5.82 Å². The molecule has 0 saturated carbocycles. The van der Waals surface area contributed by atoms with Crippen LogP contribution in [0.3, 0.4) is 0 Å². The number of nitrogens with zero attached hydrogens (tertiary/aromatic N) is 2. The van der Waals surface area contributed by atoms with E-state index in [9.17, 15) is 4.79 Å². The zero-order valence-corrected chi connectivity index (χ0v) is 20.7. The lowest BCUT2D eigenvalue weighted by Gasteiger charge is -2.22. The molecule has 0 radical (unpaired) electrons. The van der Waals surface area contributed by atoms with Crippen LogP contribution in [0.2, 0.25) is 5.02 Å². The third-order valence-corrected chi connectivity index (χ3v) is 6.42. The minimum absolute atomic E-state index is 0.0117. The molecule has 8 nitrogen and oxygen atoms in total. The highest BCUT2D eigenvalue weighted by molar-refractivity contribution is 9.10. The highest BCUT2D eigenvalue weighted by Crippen LogP contribution is 2.34. The predicted octanol–water partition coefficient (Wildman–Crippen LogP) is 4.95. The van der Waals surface area contributed by atoms with Crippen LogP contribution in [0.15, 0.2) is 35.1 Å². The van der Waals surface area contributed by atoms with Gasteiger partial charge in [0.15, 0.2) is 5.82 Å². The molecular weight excluding hydrogens is 531 g/mol. The summed E-state index contributed by atoms with van der Waals surface area (Å²) in [6, 6.07) is 6.64. The number of rotatable bonds is 9. The topological polar surface area (TPSA) is 97.6 Å². The van der Waals surface area contributed by atoms with Crippen molar-refractivity contribution in [3.8, 4) is 0 Å². The number of carbonyl (C=O) groups excluding carboxylic acids is 1. The molecule has 0 aliphatic carbocycles. The van der Waals surface area contributed by atoms with Crippen LogP contribution in [-0.2, 0) is 16.1 Å². The zero-order chi connectivity index (χ0) is 24.1. The molecule has 3 aromatic rings. The molecule has 4 rings (SSSR count). The molecule has 11 heteroatoms. The quantitative estimate of drug-likeness (QED) is 0.255. The van der Waals surface area contributed by atoms with Crippen LogP contribution in [0.5, 0.6) is 0 Å². The number of benzene rings is 2. The van der Waals surface area contributed by atoms with Gasteiger partial charge in [-0.05, 0) is 49.9 Å². The number of hydrogen-bond acceptors (Lipinski definition) is 6. The second-order valence-corrected chi connectivity index (χ2v) is 9.27. The van der Waals surface area contributed by atoms with Crippen molar-refractivity contribution in [1.82, 2.24) is 15.0 Å². The number of aliphatic hydroxyl groups is 1. The van der Waals surface area contributed by atoms with E-state index in [4.69, 9.17) is 26.3 Å². The van der Waals surface area contributed by atoms with Crippen LogP contribution in [0.1, 0.15) is 36.0 Å². The third kappa shape index (κ3) is 5.69. The Morgan fingerprint density at radius 3 is 2.97 bits per heavy atom. The number of anilines is 2. The fourth-order valence-electron chi connectivity index (χ4n) is 3.90. The van der Waals surface area contributed by atoms with E-state index in [-0.39, 0.29) is 36.1 Å². The van der Waals surface area contributed by atoms with E-state index in [1.165, 1.54) is 0 Å². The van der Waals surface area contributed by atoms with Crippen molar-refractivity contribution < 1.29 is 23.9 Å². The minimum atomic E-state index is -0.684. The first-order valence-electron chi connectivity index (χ1n) is 11.0. The van der Waals surface area contributed by atoms with Gasteiger partial charge in [-0.3, -0.25) is 9.63 Å². The van der Waals surface area contributed by atoms with Crippen molar-refractivity contribution in [1.29, 1.82) is 0 Å². The Morgan fingerprint density at radius 1 is 1.38 bits per heavy atom. The molecule has 3 N–H and O–H groups in total. The molecule has 182 valence electrons. The lowest BCUT2D eigenvalue weighted by Crippen LogP contribution is -2.26. The summed E-state index contributed by atoms with van der Waals surface area (Å²) in [4.78, 5) is 22.1. The fourth-order valence-corrected chi connectivity index (χ4v) is 4.62. The van der Waals surface area contributed by atoms with E-state index in [0.29, 0.717) is 22.8 Å². The van der Waals surface area contributed by atoms with Gasteiger partial charge >= 0.3 is 0 Å². The number of nitrogens with one attached hydrogen (secondary N) is 2. The maximum Gasteiger partial charge on any atom is 0.277 e. The Kier molecular flexibility index (Phi) is 8.38. The number of hydroxylamine groups is 1. The molecule has 1 unspecified atom stereocenters. The molecule has 2 aromatic carbocycles. The summed E-state index contributed by atoms with van der Waals surface area (Å²) in [6.45, 7) is 0.962. The van der Waals surface area contributed by atoms with Crippen molar-refractivity contribution in [3.05, 3.63) is 51.5 Å². The van der Waals surface area contributed by atoms with Gasteiger partial charge in [0.05, 0.1) is 53.1 Å². The Balaban J connectivity index is 1.69. The van der Waals surface area contributed by atoms with Crippen LogP contribution in [-0.4, -0.2) is 46.5 Å². The largest absolute Gasteiger partial charge is 0.394 e. The van der Waals surface area contributed by atoms with E-state index >= 15 is 4.39 Å². The first-order valence-corrected chi connectivity index (χ1v) is 12.2. The maximum atomic E-state index is 15.7. The summed E-state index contributed by atoms with van der Waals surface area (Å²) >= 11 is 9.64. The summed E-state index contributed by atoms with van der Waals surface area (Å²) in [5.41, 5.74) is 3.20. The van der Waals surface area contributed by atoms with E-state index in [1.54, 1.807) is 30.6 Å². The number of imidazole rings is 1. The van der Waals surface area contributed by atoms with Gasteiger partial charge in [0.25, 0.3) is 5.91 Å². The number of fused-ring (bicyclic) bond motifs is 1. The first kappa shape index (κ1) is 24.9. The average molecular weight is 556 g/mol. The monoisotopic (exact) mass is 554 g/mol. The summed E-state index contributed by atoms with van der Waals surface area (Å²) < 4.78 is 24.1. The van der Waals surface area contributed by atoms with Crippen LogP contribution in [0.25, 0.3) is 11.0 Å². The number of carbonyl (C=O) groups is 1. The number of ether oxygens (including phenoxy) is 1. The zero-order valence-electron chi connectivity index (χ0n) is 18.3. The van der Waals surface area contributed by atoms with Gasteiger partial charge < -0.3 is 19.7 Å². The molecule has 1 atom stereocenters. The predicted molar refractivity (Wildman–Crippen MR) is 131 cm³/mol. The van der Waals surface area contributed by atoms with Crippen LogP contribution in [0.4, 0.5) is 15.8 Å². The number of aliphatic hydroxyl groups excluding tert-OH is 1. The van der Waals surface area contributed by atoms with Gasteiger partial charge in [0, 0.05) is 17.6 Å². The summed E-state index contributed by atoms with van der Waals surface area (Å²) in [6.07, 6.45) is 5.70. The molecule has 2 heterocycles. The average Bonchev–Trinajstić information content (AvgIpc) is 3.24. The molecule has 1 saturated heterocycles. The molecule has 1 aromatic heterocycles. The van der Waals surface area contributed by atoms with Crippen LogP contribution < -0.4 is 10.8 Å². The van der Waals surface area contributed by atoms with Gasteiger partial charge in [-0.15, -0.1) is 0 Å². The molecule has 0 spiro atoms. The van der Waals surface area contributed by atoms with Crippen molar-refractivity contribution in [2.24, 2.45) is 0 Å². The normalized spacial score (nSPS) is 16.1. The minimum Gasteiger partial charge on any atom is -0.394 e. The van der Waals surface area contributed by atoms with E-state index in [2.05, 4.69) is 31.7 Å². The fraction of sp³-hybridized carbons (Fsp3) is 0.391. The lowest BCUT2D eigenvalue weighted by atomic mass is 10.1. The van der Waals surface area contributed by atoms with Crippen molar-refractivity contribution in [2.75, 3.05) is 25.1 Å². The molecule has 1 fully saturated rings. The van der Waals surface area contributed by atoms with E-state index in [0.717, 1.165) is 36.8 Å². The number of aromatic nitrogens is 2.